The van der Waals surface area contributed by atoms with Gasteiger partial charge in [-0.15, -0.1) is 0 Å². The van der Waals surface area contributed by atoms with E-state index in [0.717, 1.165) is 38.9 Å². The lowest BCUT2D eigenvalue weighted by Crippen LogP contribution is -2.09. The summed E-state index contributed by atoms with van der Waals surface area (Å²) in [4.78, 5) is 10.3. The SMILES string of the molecule is CCOCCCCCCC(N)=O. The van der Waals surface area contributed by atoms with Gasteiger partial charge in [-0.2, -0.15) is 0 Å². The molecule has 0 atom stereocenters. The van der Waals surface area contributed by atoms with E-state index in [4.69, 9.17) is 10.5 Å². The third-order valence-corrected chi connectivity index (χ3v) is 1.67. The Labute approximate surface area is 74.3 Å². The molecule has 0 saturated heterocycles. The van der Waals surface area contributed by atoms with Gasteiger partial charge in [0.15, 0.2) is 0 Å². The Morgan fingerprint density at radius 3 is 2.50 bits per heavy atom. The average Bonchev–Trinajstić information content (AvgIpc) is 2.02. The monoisotopic (exact) mass is 173 g/mol. The van der Waals surface area contributed by atoms with Crippen molar-refractivity contribution in [2.45, 2.75) is 39.0 Å². The van der Waals surface area contributed by atoms with Gasteiger partial charge in [0, 0.05) is 19.6 Å². The van der Waals surface area contributed by atoms with Crippen LogP contribution < -0.4 is 5.73 Å². The topological polar surface area (TPSA) is 52.3 Å². The Balaban J connectivity index is 2.86. The van der Waals surface area contributed by atoms with Gasteiger partial charge in [0.25, 0.3) is 0 Å². The van der Waals surface area contributed by atoms with Gasteiger partial charge in [0.1, 0.15) is 0 Å². The van der Waals surface area contributed by atoms with E-state index in [1.54, 1.807) is 0 Å². The molecule has 0 fully saturated rings. The van der Waals surface area contributed by atoms with Crippen LogP contribution in [0, 0.1) is 0 Å². The van der Waals surface area contributed by atoms with Crippen molar-refractivity contribution < 1.29 is 9.53 Å². The maximum absolute atomic E-state index is 10.3. The fraction of sp³-hybridized carbons (Fsp3) is 0.889. The minimum Gasteiger partial charge on any atom is -0.382 e. The minimum atomic E-state index is -0.195. The fourth-order valence-electron chi connectivity index (χ4n) is 1.00. The number of primary amides is 1. The van der Waals surface area contributed by atoms with Crippen LogP contribution in [-0.4, -0.2) is 19.1 Å². The summed E-state index contributed by atoms with van der Waals surface area (Å²) >= 11 is 0. The van der Waals surface area contributed by atoms with Crippen molar-refractivity contribution in [3.8, 4) is 0 Å². The molecule has 0 rings (SSSR count). The van der Waals surface area contributed by atoms with Crippen LogP contribution in [0.1, 0.15) is 39.0 Å². The molecule has 0 aliphatic rings. The van der Waals surface area contributed by atoms with E-state index in [9.17, 15) is 4.79 Å². The molecule has 0 radical (unpaired) electrons. The van der Waals surface area contributed by atoms with E-state index in [2.05, 4.69) is 0 Å². The Bertz CT molecular complexity index is 115. The van der Waals surface area contributed by atoms with Gasteiger partial charge in [-0.05, 0) is 19.8 Å². The highest BCUT2D eigenvalue weighted by atomic mass is 16.5. The molecule has 3 heteroatoms. The van der Waals surface area contributed by atoms with E-state index >= 15 is 0 Å². The molecule has 2 N–H and O–H groups in total. The van der Waals surface area contributed by atoms with Gasteiger partial charge >= 0.3 is 0 Å². The second-order valence-electron chi connectivity index (χ2n) is 2.83. The summed E-state index contributed by atoms with van der Waals surface area (Å²) in [5, 5.41) is 0. The van der Waals surface area contributed by atoms with E-state index in [1.165, 1.54) is 0 Å². The van der Waals surface area contributed by atoms with Crippen LogP contribution in [0.3, 0.4) is 0 Å². The first-order valence-corrected chi connectivity index (χ1v) is 4.63. The molecule has 0 aromatic rings. The number of hydrogen-bond donors (Lipinski definition) is 1. The molecule has 0 saturated carbocycles. The Morgan fingerprint density at radius 1 is 1.25 bits per heavy atom. The van der Waals surface area contributed by atoms with Crippen LogP contribution in [0.4, 0.5) is 0 Å². The van der Waals surface area contributed by atoms with E-state index in [-0.39, 0.29) is 5.91 Å². The smallest absolute Gasteiger partial charge is 0.217 e. The normalized spacial score (nSPS) is 10.1. The van der Waals surface area contributed by atoms with Crippen LogP contribution in [0.5, 0.6) is 0 Å². The molecule has 0 aromatic heterocycles. The van der Waals surface area contributed by atoms with Crippen molar-refractivity contribution in [2.24, 2.45) is 5.73 Å². The summed E-state index contributed by atoms with van der Waals surface area (Å²) in [6, 6.07) is 0. The standard InChI is InChI=1S/C9H19NO2/c1-2-12-8-6-4-3-5-7-9(10)11/h2-8H2,1H3,(H2,10,11). The molecule has 0 aromatic carbocycles. The largest absolute Gasteiger partial charge is 0.382 e. The van der Waals surface area contributed by atoms with Crippen molar-refractivity contribution in [3.63, 3.8) is 0 Å². The molecule has 3 nitrogen and oxygen atoms in total. The van der Waals surface area contributed by atoms with Gasteiger partial charge in [-0.1, -0.05) is 12.8 Å². The molecular weight excluding hydrogens is 154 g/mol. The first-order valence-electron chi connectivity index (χ1n) is 4.63. The Morgan fingerprint density at radius 2 is 1.92 bits per heavy atom. The summed E-state index contributed by atoms with van der Waals surface area (Å²) in [6.07, 6.45) is 4.74. The van der Waals surface area contributed by atoms with Crippen molar-refractivity contribution >= 4 is 5.91 Å². The lowest BCUT2D eigenvalue weighted by molar-refractivity contribution is -0.118. The molecule has 12 heavy (non-hydrogen) atoms. The van der Waals surface area contributed by atoms with Crippen molar-refractivity contribution in [2.75, 3.05) is 13.2 Å². The number of unbranched alkanes of at least 4 members (excludes halogenated alkanes) is 3. The van der Waals surface area contributed by atoms with Crippen LogP contribution in [0.25, 0.3) is 0 Å². The predicted octanol–water partition coefficient (Wildman–Crippen LogP) is 1.46. The molecule has 1 amide bonds. The summed E-state index contributed by atoms with van der Waals surface area (Å²) in [5.74, 6) is -0.195. The zero-order valence-corrected chi connectivity index (χ0v) is 7.84. The van der Waals surface area contributed by atoms with Crippen molar-refractivity contribution in [3.05, 3.63) is 0 Å². The molecule has 0 aliphatic carbocycles. The number of ether oxygens (including phenoxy) is 1. The second-order valence-corrected chi connectivity index (χ2v) is 2.83. The lowest BCUT2D eigenvalue weighted by Gasteiger charge is -2.00. The highest BCUT2D eigenvalue weighted by molar-refractivity contribution is 5.73. The molecule has 0 aliphatic heterocycles. The second kappa shape index (κ2) is 8.53. The molecule has 0 unspecified atom stereocenters. The van der Waals surface area contributed by atoms with Gasteiger partial charge in [-0.3, -0.25) is 4.79 Å². The number of carbonyl (C=O) groups is 1. The maximum Gasteiger partial charge on any atom is 0.217 e. The van der Waals surface area contributed by atoms with Gasteiger partial charge in [0.2, 0.25) is 5.91 Å². The number of nitrogens with two attached hydrogens (primary N) is 1. The maximum atomic E-state index is 10.3. The summed E-state index contributed by atoms with van der Waals surface area (Å²) in [5.41, 5.74) is 4.99. The summed E-state index contributed by atoms with van der Waals surface area (Å²) < 4.78 is 5.17. The van der Waals surface area contributed by atoms with Gasteiger partial charge in [0.05, 0.1) is 0 Å². The molecule has 0 bridgehead atoms. The lowest BCUT2D eigenvalue weighted by atomic mass is 10.1. The fourth-order valence-corrected chi connectivity index (χ4v) is 1.00. The van der Waals surface area contributed by atoms with Crippen LogP contribution in [0.15, 0.2) is 0 Å². The number of rotatable bonds is 8. The van der Waals surface area contributed by atoms with Gasteiger partial charge < -0.3 is 10.5 Å². The quantitative estimate of drug-likeness (QED) is 0.565. The number of amides is 1. The first-order chi connectivity index (χ1) is 5.77. The number of carbonyl (C=O) groups excluding carboxylic acids is 1. The minimum absolute atomic E-state index is 0.195. The van der Waals surface area contributed by atoms with Crippen molar-refractivity contribution in [1.82, 2.24) is 0 Å². The van der Waals surface area contributed by atoms with Crippen molar-refractivity contribution in [1.29, 1.82) is 0 Å². The van der Waals surface area contributed by atoms with E-state index in [1.807, 2.05) is 6.92 Å². The summed E-state index contributed by atoms with van der Waals surface area (Å²) in [6.45, 7) is 3.63. The van der Waals surface area contributed by atoms with Crippen LogP contribution in [0.2, 0.25) is 0 Å². The van der Waals surface area contributed by atoms with E-state index in [0.29, 0.717) is 6.42 Å². The molecule has 72 valence electrons. The molecule has 0 heterocycles. The highest BCUT2D eigenvalue weighted by Gasteiger charge is 1.94. The highest BCUT2D eigenvalue weighted by Crippen LogP contribution is 2.02. The zero-order valence-electron chi connectivity index (χ0n) is 7.84. The zero-order chi connectivity index (χ0) is 9.23. The van der Waals surface area contributed by atoms with Crippen LogP contribution in [-0.2, 0) is 9.53 Å². The number of hydrogen-bond acceptors (Lipinski definition) is 2. The molecular formula is C9H19NO2. The Kier molecular flexibility index (Phi) is 8.12. The van der Waals surface area contributed by atoms with Crippen LogP contribution >= 0.6 is 0 Å². The molecule has 0 spiro atoms. The summed E-state index contributed by atoms with van der Waals surface area (Å²) in [7, 11) is 0. The van der Waals surface area contributed by atoms with Gasteiger partial charge in [-0.25, -0.2) is 0 Å². The van der Waals surface area contributed by atoms with E-state index < -0.39 is 0 Å². The third-order valence-electron chi connectivity index (χ3n) is 1.67. The first kappa shape index (κ1) is 11.4. The predicted molar refractivity (Wildman–Crippen MR) is 48.8 cm³/mol. The third kappa shape index (κ3) is 9.43. The average molecular weight is 173 g/mol. The Hall–Kier alpha value is -0.570.